The molecule has 5 heteroatoms. The number of benzene rings is 2. The van der Waals surface area contributed by atoms with Crippen LogP contribution in [0.25, 0.3) is 0 Å². The fourth-order valence-corrected chi connectivity index (χ4v) is 2.79. The van der Waals surface area contributed by atoms with E-state index in [0.717, 1.165) is 15.8 Å². The monoisotopic (exact) mass is 357 g/mol. The van der Waals surface area contributed by atoms with E-state index in [0.29, 0.717) is 10.6 Å². The maximum absolute atomic E-state index is 13.5. The molecule has 0 aliphatic carbocycles. The molecule has 0 heterocycles. The van der Waals surface area contributed by atoms with Gasteiger partial charge in [-0.3, -0.25) is 0 Å². The summed E-state index contributed by atoms with van der Waals surface area (Å²) in [7, 11) is 3.41. The van der Waals surface area contributed by atoms with Crippen molar-refractivity contribution in [2.75, 3.05) is 14.2 Å². The molecular formula is C15H14BrClFNO. The maximum Gasteiger partial charge on any atom is 0.123 e. The van der Waals surface area contributed by atoms with Gasteiger partial charge in [0.05, 0.1) is 13.2 Å². The molecule has 0 fully saturated rings. The molecule has 0 bridgehead atoms. The zero-order valence-electron chi connectivity index (χ0n) is 11.1. The van der Waals surface area contributed by atoms with Crippen molar-refractivity contribution in [3.05, 3.63) is 62.8 Å². The third-order valence-electron chi connectivity index (χ3n) is 3.07. The van der Waals surface area contributed by atoms with Gasteiger partial charge in [-0.05, 0) is 54.6 Å². The molecule has 0 spiro atoms. The molecule has 106 valence electrons. The number of rotatable bonds is 4. The Morgan fingerprint density at radius 1 is 1.20 bits per heavy atom. The van der Waals surface area contributed by atoms with Gasteiger partial charge < -0.3 is 10.1 Å². The van der Waals surface area contributed by atoms with Crippen LogP contribution in [0.5, 0.6) is 5.75 Å². The average Bonchev–Trinajstić information content (AvgIpc) is 2.45. The molecule has 0 radical (unpaired) electrons. The minimum Gasteiger partial charge on any atom is -0.497 e. The highest BCUT2D eigenvalue weighted by molar-refractivity contribution is 9.10. The smallest absolute Gasteiger partial charge is 0.123 e. The molecule has 2 aromatic rings. The lowest BCUT2D eigenvalue weighted by Crippen LogP contribution is -2.19. The standard InChI is InChI=1S/C15H14BrClFNO/c1-19-15(12-7-9(18)3-6-14(12)17)11-8-10(20-2)4-5-13(11)16/h3-8,15,19H,1-2H3. The molecular weight excluding hydrogens is 345 g/mol. The van der Waals surface area contributed by atoms with Gasteiger partial charge >= 0.3 is 0 Å². The van der Waals surface area contributed by atoms with Crippen LogP contribution in [0.2, 0.25) is 5.02 Å². The van der Waals surface area contributed by atoms with E-state index in [1.807, 2.05) is 18.2 Å². The highest BCUT2D eigenvalue weighted by Crippen LogP contribution is 2.34. The summed E-state index contributed by atoms with van der Waals surface area (Å²) < 4.78 is 19.6. The van der Waals surface area contributed by atoms with Crippen LogP contribution in [0.15, 0.2) is 40.9 Å². The summed E-state index contributed by atoms with van der Waals surface area (Å²) in [4.78, 5) is 0. The molecule has 0 aliphatic heterocycles. The van der Waals surface area contributed by atoms with E-state index in [4.69, 9.17) is 16.3 Å². The number of nitrogens with one attached hydrogen (secondary N) is 1. The van der Waals surface area contributed by atoms with E-state index in [1.165, 1.54) is 12.1 Å². The Bertz CT molecular complexity index is 621. The molecule has 0 aromatic heterocycles. The fraction of sp³-hybridized carbons (Fsp3) is 0.200. The van der Waals surface area contributed by atoms with Gasteiger partial charge in [0.2, 0.25) is 0 Å². The number of ether oxygens (including phenoxy) is 1. The number of hydrogen-bond acceptors (Lipinski definition) is 2. The molecule has 1 N–H and O–H groups in total. The first kappa shape index (κ1) is 15.3. The van der Waals surface area contributed by atoms with Gasteiger partial charge in [0.15, 0.2) is 0 Å². The van der Waals surface area contributed by atoms with Crippen molar-refractivity contribution in [2.45, 2.75) is 6.04 Å². The van der Waals surface area contributed by atoms with Crippen molar-refractivity contribution in [2.24, 2.45) is 0 Å². The van der Waals surface area contributed by atoms with Crippen molar-refractivity contribution < 1.29 is 9.13 Å². The third kappa shape index (κ3) is 3.14. The summed E-state index contributed by atoms with van der Waals surface area (Å²) in [5.74, 6) is 0.416. The third-order valence-corrected chi connectivity index (χ3v) is 4.14. The van der Waals surface area contributed by atoms with E-state index in [2.05, 4.69) is 21.2 Å². The van der Waals surface area contributed by atoms with Gasteiger partial charge in [0.1, 0.15) is 11.6 Å². The molecule has 2 rings (SSSR count). The largest absolute Gasteiger partial charge is 0.497 e. The van der Waals surface area contributed by atoms with E-state index in [-0.39, 0.29) is 11.9 Å². The molecule has 0 aliphatic rings. The Hall–Kier alpha value is -1.10. The molecule has 0 saturated heterocycles. The lowest BCUT2D eigenvalue weighted by molar-refractivity contribution is 0.413. The Morgan fingerprint density at radius 2 is 1.95 bits per heavy atom. The van der Waals surface area contributed by atoms with Crippen molar-refractivity contribution >= 4 is 27.5 Å². The normalized spacial score (nSPS) is 12.2. The highest BCUT2D eigenvalue weighted by atomic mass is 79.9. The van der Waals surface area contributed by atoms with Gasteiger partial charge in [0, 0.05) is 9.50 Å². The van der Waals surface area contributed by atoms with Gasteiger partial charge in [0.25, 0.3) is 0 Å². The number of methoxy groups -OCH3 is 1. The summed E-state index contributed by atoms with van der Waals surface area (Å²) in [6, 6.07) is 9.76. The molecule has 1 atom stereocenters. The predicted octanol–water partition coefficient (Wildman–Crippen LogP) is 4.56. The Morgan fingerprint density at radius 3 is 2.60 bits per heavy atom. The zero-order valence-corrected chi connectivity index (χ0v) is 13.4. The van der Waals surface area contributed by atoms with Gasteiger partial charge in [-0.15, -0.1) is 0 Å². The molecule has 0 saturated carbocycles. The zero-order chi connectivity index (χ0) is 14.7. The van der Waals surface area contributed by atoms with E-state index < -0.39 is 0 Å². The summed E-state index contributed by atoms with van der Waals surface area (Å²) >= 11 is 9.70. The Labute approximate surface area is 131 Å². The average molecular weight is 359 g/mol. The fourth-order valence-electron chi connectivity index (χ4n) is 2.08. The van der Waals surface area contributed by atoms with Crippen LogP contribution in [0.3, 0.4) is 0 Å². The van der Waals surface area contributed by atoms with Crippen LogP contribution < -0.4 is 10.1 Å². The maximum atomic E-state index is 13.5. The van der Waals surface area contributed by atoms with Crippen LogP contribution >= 0.6 is 27.5 Å². The molecule has 1 unspecified atom stereocenters. The predicted molar refractivity (Wildman–Crippen MR) is 83.0 cm³/mol. The summed E-state index contributed by atoms with van der Waals surface area (Å²) in [5.41, 5.74) is 1.61. The molecule has 0 amide bonds. The molecule has 20 heavy (non-hydrogen) atoms. The quantitative estimate of drug-likeness (QED) is 0.865. The lowest BCUT2D eigenvalue weighted by atomic mass is 9.98. The van der Waals surface area contributed by atoms with Crippen LogP contribution in [0, 0.1) is 5.82 Å². The summed E-state index contributed by atoms with van der Waals surface area (Å²) in [5, 5.41) is 3.67. The van der Waals surface area contributed by atoms with Crippen molar-refractivity contribution in [1.29, 1.82) is 0 Å². The van der Waals surface area contributed by atoms with Gasteiger partial charge in [-0.25, -0.2) is 4.39 Å². The van der Waals surface area contributed by atoms with Gasteiger partial charge in [-0.2, -0.15) is 0 Å². The van der Waals surface area contributed by atoms with Gasteiger partial charge in [-0.1, -0.05) is 27.5 Å². The number of hydrogen-bond donors (Lipinski definition) is 1. The Kier molecular flexibility index (Phi) is 5.02. The minimum atomic E-state index is -0.316. The Balaban J connectivity index is 2.54. The van der Waals surface area contributed by atoms with Crippen LogP contribution in [-0.4, -0.2) is 14.2 Å². The minimum absolute atomic E-state index is 0.234. The first-order valence-electron chi connectivity index (χ1n) is 6.02. The van der Waals surface area contributed by atoms with Crippen molar-refractivity contribution in [3.63, 3.8) is 0 Å². The van der Waals surface area contributed by atoms with E-state index >= 15 is 0 Å². The van der Waals surface area contributed by atoms with E-state index in [1.54, 1.807) is 20.2 Å². The second-order valence-electron chi connectivity index (χ2n) is 4.27. The van der Waals surface area contributed by atoms with Crippen molar-refractivity contribution in [1.82, 2.24) is 5.32 Å². The molecule has 2 aromatic carbocycles. The highest BCUT2D eigenvalue weighted by Gasteiger charge is 2.19. The van der Waals surface area contributed by atoms with Crippen LogP contribution in [-0.2, 0) is 0 Å². The first-order chi connectivity index (χ1) is 9.56. The summed E-state index contributed by atoms with van der Waals surface area (Å²) in [6.07, 6.45) is 0. The van der Waals surface area contributed by atoms with Crippen LogP contribution in [0.4, 0.5) is 4.39 Å². The SMILES string of the molecule is CNC(c1cc(F)ccc1Cl)c1cc(OC)ccc1Br. The van der Waals surface area contributed by atoms with E-state index in [9.17, 15) is 4.39 Å². The van der Waals surface area contributed by atoms with Crippen molar-refractivity contribution in [3.8, 4) is 5.75 Å². The topological polar surface area (TPSA) is 21.3 Å². The second-order valence-corrected chi connectivity index (χ2v) is 5.54. The molecule has 2 nitrogen and oxygen atoms in total. The summed E-state index contributed by atoms with van der Waals surface area (Å²) in [6.45, 7) is 0. The lowest BCUT2D eigenvalue weighted by Gasteiger charge is -2.20. The number of halogens is 3. The first-order valence-corrected chi connectivity index (χ1v) is 7.19. The second kappa shape index (κ2) is 6.57. The van der Waals surface area contributed by atoms with Crippen LogP contribution in [0.1, 0.15) is 17.2 Å².